The number of carbonyl (C=O) groups excluding carboxylic acids is 4. The van der Waals surface area contributed by atoms with Crippen molar-refractivity contribution >= 4 is 39.5 Å². The predicted octanol–water partition coefficient (Wildman–Crippen LogP) is 24.7. The smallest absolute Gasteiger partial charge is 0.462 e. The molecule has 0 amide bonds. The first-order valence-electron chi connectivity index (χ1n) is 42.5. The molecule has 0 aromatic heterocycles. The topological polar surface area (TPSA) is 237 Å². The third kappa shape index (κ3) is 76.1. The van der Waals surface area contributed by atoms with Crippen molar-refractivity contribution in [3.05, 3.63) is 0 Å². The van der Waals surface area contributed by atoms with Gasteiger partial charge in [0.15, 0.2) is 12.2 Å². The number of aliphatic hydroxyl groups is 1. The summed E-state index contributed by atoms with van der Waals surface area (Å²) in [6.45, 7) is 9.63. The summed E-state index contributed by atoms with van der Waals surface area (Å²) in [5.74, 6) is -0.581. The number of phosphoric acid groups is 2. The fraction of sp³-hybridized carbons (Fsp3) is 0.951. The van der Waals surface area contributed by atoms with Crippen molar-refractivity contribution in [2.24, 2.45) is 11.8 Å². The lowest BCUT2D eigenvalue weighted by Crippen LogP contribution is -2.30. The number of esters is 4. The van der Waals surface area contributed by atoms with Crippen LogP contribution < -0.4 is 0 Å². The molecular weight excluding hydrogens is 1320 g/mol. The SMILES string of the molecule is CCCCCCCCCCCCCCCCCCC(=O)OC[C@H](COP(=O)(O)OC[C@@H](O)COP(=O)(O)OC[C@@H](COC(=O)CCCCCCCCCC(C)C)OC(=O)CCCCCCCCCCCCCCCC)OC(=O)CCCCCCCCCCCCCCCCCCCCC(C)C. The second-order valence-electron chi connectivity index (χ2n) is 30.5. The molecule has 101 heavy (non-hydrogen) atoms. The lowest BCUT2D eigenvalue weighted by Gasteiger charge is -2.21. The van der Waals surface area contributed by atoms with Crippen LogP contribution in [0.15, 0.2) is 0 Å². The molecule has 3 N–H and O–H groups in total. The van der Waals surface area contributed by atoms with E-state index in [1.165, 1.54) is 244 Å². The third-order valence-corrected chi connectivity index (χ3v) is 21.1. The molecule has 0 saturated carbocycles. The highest BCUT2D eigenvalue weighted by Gasteiger charge is 2.30. The Morgan fingerprint density at radius 3 is 0.673 bits per heavy atom. The maximum absolute atomic E-state index is 13.1. The molecule has 0 rings (SSSR count). The molecule has 0 saturated heterocycles. The first-order chi connectivity index (χ1) is 48.9. The van der Waals surface area contributed by atoms with Gasteiger partial charge in [0.25, 0.3) is 0 Å². The molecule has 0 spiro atoms. The summed E-state index contributed by atoms with van der Waals surface area (Å²) in [7, 11) is -9.92. The summed E-state index contributed by atoms with van der Waals surface area (Å²) in [6.07, 6.45) is 63.9. The number of ether oxygens (including phenoxy) is 4. The number of carbonyl (C=O) groups is 4. The van der Waals surface area contributed by atoms with E-state index in [2.05, 4.69) is 41.5 Å². The zero-order valence-corrected chi connectivity index (χ0v) is 68.0. The van der Waals surface area contributed by atoms with E-state index < -0.39 is 97.5 Å². The van der Waals surface area contributed by atoms with Crippen molar-refractivity contribution in [1.82, 2.24) is 0 Å². The van der Waals surface area contributed by atoms with Crippen molar-refractivity contribution in [2.75, 3.05) is 39.6 Å². The molecule has 0 aromatic carbocycles. The van der Waals surface area contributed by atoms with Gasteiger partial charge in [-0.15, -0.1) is 0 Å². The molecule has 600 valence electrons. The Morgan fingerprint density at radius 1 is 0.267 bits per heavy atom. The Morgan fingerprint density at radius 2 is 0.455 bits per heavy atom. The Hall–Kier alpha value is -1.94. The van der Waals surface area contributed by atoms with Crippen molar-refractivity contribution < 1.29 is 80.2 Å². The average molecular weight is 1480 g/mol. The van der Waals surface area contributed by atoms with Crippen molar-refractivity contribution in [2.45, 2.75) is 452 Å². The second-order valence-corrected chi connectivity index (χ2v) is 33.4. The molecular formula is C82H160O17P2. The summed E-state index contributed by atoms with van der Waals surface area (Å²) in [4.78, 5) is 73.0. The van der Waals surface area contributed by atoms with E-state index in [1.54, 1.807) is 0 Å². The molecule has 19 heteroatoms. The lowest BCUT2D eigenvalue weighted by atomic mass is 10.0. The zero-order chi connectivity index (χ0) is 74.2. The monoisotopic (exact) mass is 1480 g/mol. The fourth-order valence-electron chi connectivity index (χ4n) is 12.7. The van der Waals surface area contributed by atoms with Crippen molar-refractivity contribution in [3.8, 4) is 0 Å². The third-order valence-electron chi connectivity index (χ3n) is 19.2. The van der Waals surface area contributed by atoms with E-state index in [4.69, 9.17) is 37.0 Å². The van der Waals surface area contributed by atoms with Gasteiger partial charge in [0.05, 0.1) is 26.4 Å². The fourth-order valence-corrected chi connectivity index (χ4v) is 14.3. The molecule has 0 aliphatic rings. The van der Waals surface area contributed by atoms with Crippen LogP contribution in [0.1, 0.15) is 433 Å². The Labute approximate surface area is 619 Å². The van der Waals surface area contributed by atoms with Gasteiger partial charge in [-0.05, 0) is 37.5 Å². The average Bonchev–Trinajstić information content (AvgIpc) is 1.07. The number of aliphatic hydroxyl groups excluding tert-OH is 1. The van der Waals surface area contributed by atoms with Gasteiger partial charge in [-0.2, -0.15) is 0 Å². The molecule has 5 atom stereocenters. The summed E-state index contributed by atoms with van der Waals surface area (Å²) < 4.78 is 68.7. The molecule has 2 unspecified atom stereocenters. The summed E-state index contributed by atoms with van der Waals surface area (Å²) in [6, 6.07) is 0. The Kier molecular flexibility index (Phi) is 72.2. The minimum absolute atomic E-state index is 0.107. The van der Waals surface area contributed by atoms with Crippen LogP contribution >= 0.6 is 15.6 Å². The molecule has 0 bridgehead atoms. The molecule has 0 radical (unpaired) electrons. The van der Waals surface area contributed by atoms with E-state index in [9.17, 15) is 43.2 Å². The van der Waals surface area contributed by atoms with Gasteiger partial charge >= 0.3 is 39.5 Å². The van der Waals surface area contributed by atoms with Gasteiger partial charge in [-0.3, -0.25) is 37.3 Å². The van der Waals surface area contributed by atoms with E-state index in [1.807, 2.05) is 0 Å². The Bertz CT molecular complexity index is 1940. The quantitative estimate of drug-likeness (QED) is 0.0222. The van der Waals surface area contributed by atoms with Gasteiger partial charge in [0.1, 0.15) is 19.3 Å². The van der Waals surface area contributed by atoms with Gasteiger partial charge in [0, 0.05) is 25.7 Å². The number of hydrogen-bond donors (Lipinski definition) is 3. The summed E-state index contributed by atoms with van der Waals surface area (Å²) >= 11 is 0. The highest BCUT2D eigenvalue weighted by Crippen LogP contribution is 2.45. The number of rotatable bonds is 81. The van der Waals surface area contributed by atoms with Crippen LogP contribution in [-0.2, 0) is 65.4 Å². The van der Waals surface area contributed by atoms with Crippen LogP contribution in [-0.4, -0.2) is 96.7 Å². The highest BCUT2D eigenvalue weighted by atomic mass is 31.2. The standard InChI is InChI=1S/C82H160O17P2/c1-7-9-11-13-15-17-19-21-23-29-33-36-40-46-52-58-64-79(84)92-70-77(98-81(86)67-61-55-48-42-38-34-30-27-25-24-26-28-31-35-39-44-50-56-62-74(3)4)72-96-100(88,89)94-68-76(83)69-95-101(90,91)97-73-78(71-93-80(85)65-59-53-49-43-45-51-57-63-75(5)6)99-82(87)66-60-54-47-41-37-32-22-20-18-16-14-12-10-8-2/h74-78,83H,7-73H2,1-6H3,(H,88,89)(H,90,91)/t76-,77-,78-/m1/s1. The summed E-state index contributed by atoms with van der Waals surface area (Å²) in [5.41, 5.74) is 0. The molecule has 0 aromatic rings. The molecule has 0 aliphatic heterocycles. The van der Waals surface area contributed by atoms with E-state index in [0.717, 1.165) is 102 Å². The minimum Gasteiger partial charge on any atom is -0.462 e. The maximum atomic E-state index is 13.1. The molecule has 0 heterocycles. The maximum Gasteiger partial charge on any atom is 0.472 e. The minimum atomic E-state index is -4.96. The normalized spacial score (nSPS) is 13.9. The van der Waals surface area contributed by atoms with Crippen LogP contribution in [0.4, 0.5) is 0 Å². The van der Waals surface area contributed by atoms with Crippen LogP contribution in [0.5, 0.6) is 0 Å². The van der Waals surface area contributed by atoms with Gasteiger partial charge in [-0.25, -0.2) is 9.13 Å². The van der Waals surface area contributed by atoms with E-state index in [0.29, 0.717) is 31.6 Å². The second kappa shape index (κ2) is 73.6. The number of phosphoric ester groups is 2. The number of hydrogen-bond acceptors (Lipinski definition) is 15. The van der Waals surface area contributed by atoms with Crippen molar-refractivity contribution in [3.63, 3.8) is 0 Å². The largest absolute Gasteiger partial charge is 0.472 e. The Balaban J connectivity index is 5.22. The first-order valence-corrected chi connectivity index (χ1v) is 45.5. The highest BCUT2D eigenvalue weighted by molar-refractivity contribution is 7.47. The van der Waals surface area contributed by atoms with Crippen LogP contribution in [0.25, 0.3) is 0 Å². The number of unbranched alkanes of at least 4 members (excludes halogenated alkanes) is 51. The molecule has 17 nitrogen and oxygen atoms in total. The van der Waals surface area contributed by atoms with Crippen molar-refractivity contribution in [1.29, 1.82) is 0 Å². The first kappa shape index (κ1) is 99.1. The van der Waals surface area contributed by atoms with Gasteiger partial charge in [0.2, 0.25) is 0 Å². The zero-order valence-electron chi connectivity index (χ0n) is 66.2. The van der Waals surface area contributed by atoms with Crippen LogP contribution in [0.2, 0.25) is 0 Å². The van der Waals surface area contributed by atoms with Crippen LogP contribution in [0.3, 0.4) is 0 Å². The molecule has 0 fully saturated rings. The lowest BCUT2D eigenvalue weighted by molar-refractivity contribution is -0.161. The van der Waals surface area contributed by atoms with Gasteiger partial charge in [-0.1, -0.05) is 382 Å². The summed E-state index contributed by atoms with van der Waals surface area (Å²) in [5, 5.41) is 10.6. The van der Waals surface area contributed by atoms with Crippen LogP contribution in [0, 0.1) is 11.8 Å². The van der Waals surface area contributed by atoms with Gasteiger partial charge < -0.3 is 33.8 Å². The predicted molar refractivity (Wildman–Crippen MR) is 414 cm³/mol. The molecule has 0 aliphatic carbocycles. The van der Waals surface area contributed by atoms with E-state index >= 15 is 0 Å². The van der Waals surface area contributed by atoms with E-state index in [-0.39, 0.29) is 25.7 Å².